The maximum absolute atomic E-state index is 2.52. The molecule has 8 rings (SSSR count). The van der Waals surface area contributed by atoms with Crippen LogP contribution in [0.5, 0.6) is 0 Å². The molecule has 0 N–H and O–H groups in total. The monoisotopic (exact) mass is 421 g/mol. The summed E-state index contributed by atoms with van der Waals surface area (Å²) < 4.78 is 2.52. The van der Waals surface area contributed by atoms with E-state index >= 15 is 0 Å². The van der Waals surface area contributed by atoms with Crippen LogP contribution >= 0.6 is 0 Å². The Morgan fingerprint density at radius 2 is 1.58 bits per heavy atom. The highest BCUT2D eigenvalue weighted by molar-refractivity contribution is 6.12. The lowest BCUT2D eigenvalue weighted by Gasteiger charge is -2.41. The van der Waals surface area contributed by atoms with Crippen molar-refractivity contribution >= 4 is 27.4 Å². The lowest BCUT2D eigenvalue weighted by Crippen LogP contribution is -2.34. The maximum Gasteiger partial charge on any atom is 0.0717 e. The van der Waals surface area contributed by atoms with Crippen LogP contribution in [-0.4, -0.2) is 4.57 Å². The van der Waals surface area contributed by atoms with Crippen LogP contribution in [0.1, 0.15) is 40.7 Å². The lowest BCUT2D eigenvalue weighted by molar-refractivity contribution is 0.684. The Kier molecular flexibility index (Phi) is 3.18. The van der Waals surface area contributed by atoms with Gasteiger partial charge < -0.3 is 4.57 Å². The minimum absolute atomic E-state index is 0.234. The first kappa shape index (κ1) is 17.7. The van der Waals surface area contributed by atoms with Crippen LogP contribution < -0.4 is 0 Å². The Morgan fingerprint density at radius 1 is 0.758 bits per heavy atom. The number of fused-ring (bicyclic) bond motifs is 11. The van der Waals surface area contributed by atoms with Gasteiger partial charge in [-0.05, 0) is 65.3 Å². The van der Waals surface area contributed by atoms with Crippen LogP contribution in [0.4, 0.5) is 0 Å². The molecule has 2 heterocycles. The van der Waals surface area contributed by atoms with Crippen molar-refractivity contribution in [3.05, 3.63) is 130 Å². The van der Waals surface area contributed by atoms with Gasteiger partial charge in [0.25, 0.3) is 0 Å². The summed E-state index contributed by atoms with van der Waals surface area (Å²) in [7, 11) is 0. The molecule has 0 radical (unpaired) electrons. The highest BCUT2D eigenvalue weighted by Crippen LogP contribution is 2.61. The summed E-state index contributed by atoms with van der Waals surface area (Å²) >= 11 is 0. The third kappa shape index (κ3) is 1.92. The first-order valence-electron chi connectivity index (χ1n) is 11.9. The molecule has 0 saturated heterocycles. The summed E-state index contributed by atoms with van der Waals surface area (Å²) in [5.74, 6) is 0. The van der Waals surface area contributed by atoms with Crippen LogP contribution in [0.3, 0.4) is 0 Å². The predicted octanol–water partition coefficient (Wildman–Crippen LogP) is 7.86. The van der Waals surface area contributed by atoms with E-state index in [4.69, 9.17) is 0 Å². The summed E-state index contributed by atoms with van der Waals surface area (Å²) in [4.78, 5) is 0. The minimum Gasteiger partial charge on any atom is -0.309 e. The Bertz CT molecular complexity index is 1720. The van der Waals surface area contributed by atoms with Gasteiger partial charge in [-0.15, -0.1) is 0 Å². The molecular weight excluding hydrogens is 398 g/mol. The largest absolute Gasteiger partial charge is 0.309 e. The van der Waals surface area contributed by atoms with Gasteiger partial charge in [0.05, 0.1) is 22.1 Å². The van der Waals surface area contributed by atoms with Crippen molar-refractivity contribution in [2.45, 2.75) is 25.2 Å². The number of aryl methyl sites for hydroxylation is 1. The number of rotatable bonds is 0. The molecule has 1 unspecified atom stereocenters. The van der Waals surface area contributed by atoms with Gasteiger partial charge in [0.1, 0.15) is 0 Å². The Labute approximate surface area is 193 Å². The van der Waals surface area contributed by atoms with E-state index < -0.39 is 0 Å². The average Bonchev–Trinajstić information content (AvgIpc) is 3.35. The van der Waals surface area contributed by atoms with Gasteiger partial charge in [-0.3, -0.25) is 0 Å². The van der Waals surface area contributed by atoms with Crippen molar-refractivity contribution in [2.24, 2.45) is 0 Å². The van der Waals surface area contributed by atoms with Crippen molar-refractivity contribution in [2.75, 3.05) is 0 Å². The first-order valence-corrected chi connectivity index (χ1v) is 11.9. The molecule has 4 aromatic carbocycles. The fourth-order valence-corrected chi connectivity index (χ4v) is 6.99. The fourth-order valence-electron chi connectivity index (χ4n) is 6.99. The molecule has 1 atom stereocenters. The molecule has 1 heteroatoms. The SMILES string of the molecule is Cc1ccc2c(c1)C1(C3=C2C=CCC3)c2ccccc2-n2c3ccccc3c3cccc1c32. The van der Waals surface area contributed by atoms with Crippen LogP contribution in [0.25, 0.3) is 33.1 Å². The smallest absolute Gasteiger partial charge is 0.0717 e. The zero-order valence-electron chi connectivity index (χ0n) is 18.6. The van der Waals surface area contributed by atoms with Crippen molar-refractivity contribution in [3.63, 3.8) is 0 Å². The molecule has 3 aliphatic rings. The molecule has 1 aliphatic heterocycles. The number of aromatic nitrogens is 1. The van der Waals surface area contributed by atoms with Crippen LogP contribution in [0, 0.1) is 6.92 Å². The van der Waals surface area contributed by atoms with Crippen LogP contribution in [-0.2, 0) is 5.41 Å². The number of benzene rings is 4. The standard InChI is InChI=1S/C32H23N/c1-20-17-18-22-21-9-2-4-12-25(21)32(28(22)19-20)26-13-5-7-16-30(26)33-29-15-6-3-10-23(29)24-11-8-14-27(32)31(24)33/h2-3,5-11,13-19H,4,12H2,1H3. The summed E-state index contributed by atoms with van der Waals surface area (Å²) in [5, 5.41) is 2.69. The fraction of sp³-hybridized carbons (Fsp3) is 0.125. The maximum atomic E-state index is 2.52. The van der Waals surface area contributed by atoms with Gasteiger partial charge >= 0.3 is 0 Å². The van der Waals surface area contributed by atoms with Gasteiger partial charge in [0, 0.05) is 10.8 Å². The first-order chi connectivity index (χ1) is 16.3. The van der Waals surface area contributed by atoms with E-state index in [2.05, 4.69) is 109 Å². The van der Waals surface area contributed by atoms with Crippen molar-refractivity contribution in [1.82, 2.24) is 4.57 Å². The van der Waals surface area contributed by atoms with Gasteiger partial charge in [0.2, 0.25) is 0 Å². The predicted molar refractivity (Wildman–Crippen MR) is 137 cm³/mol. The molecule has 0 amide bonds. The number of hydrogen-bond donors (Lipinski definition) is 0. The number of para-hydroxylation sites is 3. The van der Waals surface area contributed by atoms with E-state index in [-0.39, 0.29) is 5.41 Å². The van der Waals surface area contributed by atoms with E-state index in [0.29, 0.717) is 0 Å². The molecule has 1 nitrogen and oxygen atoms in total. The van der Waals surface area contributed by atoms with E-state index in [0.717, 1.165) is 12.8 Å². The van der Waals surface area contributed by atoms with Gasteiger partial charge in [-0.25, -0.2) is 0 Å². The molecular formula is C32H23N. The second kappa shape index (κ2) is 5.94. The molecule has 33 heavy (non-hydrogen) atoms. The van der Waals surface area contributed by atoms with Crippen molar-refractivity contribution in [3.8, 4) is 5.69 Å². The van der Waals surface area contributed by atoms with E-state index in [9.17, 15) is 0 Å². The second-order valence-electron chi connectivity index (χ2n) is 9.70. The Hall–Kier alpha value is -3.84. The molecule has 156 valence electrons. The van der Waals surface area contributed by atoms with Crippen LogP contribution in [0.2, 0.25) is 0 Å². The van der Waals surface area contributed by atoms with Crippen LogP contribution in [0.15, 0.2) is 103 Å². The molecule has 1 spiro atoms. The van der Waals surface area contributed by atoms with Crippen molar-refractivity contribution in [1.29, 1.82) is 0 Å². The second-order valence-corrected chi connectivity index (χ2v) is 9.70. The zero-order valence-corrected chi connectivity index (χ0v) is 18.6. The van der Waals surface area contributed by atoms with E-state index in [1.54, 1.807) is 5.57 Å². The summed E-state index contributed by atoms with van der Waals surface area (Å²) in [6.45, 7) is 2.23. The summed E-state index contributed by atoms with van der Waals surface area (Å²) in [6, 6.07) is 32.1. The highest BCUT2D eigenvalue weighted by Gasteiger charge is 2.51. The lowest BCUT2D eigenvalue weighted by atomic mass is 9.63. The number of hydrogen-bond acceptors (Lipinski definition) is 0. The third-order valence-electron chi connectivity index (χ3n) is 8.14. The summed E-state index contributed by atoms with van der Waals surface area (Å²) in [6.07, 6.45) is 6.95. The highest BCUT2D eigenvalue weighted by atomic mass is 15.0. The molecule has 0 saturated carbocycles. The minimum atomic E-state index is -0.234. The third-order valence-corrected chi connectivity index (χ3v) is 8.14. The number of allylic oxidation sites excluding steroid dienone is 4. The molecule has 2 aliphatic carbocycles. The quantitative estimate of drug-likeness (QED) is 0.240. The summed E-state index contributed by atoms with van der Waals surface area (Å²) in [5.41, 5.74) is 13.8. The number of nitrogens with zero attached hydrogens (tertiary/aromatic N) is 1. The Morgan fingerprint density at radius 3 is 2.55 bits per heavy atom. The van der Waals surface area contributed by atoms with E-state index in [1.165, 1.54) is 60.9 Å². The van der Waals surface area contributed by atoms with E-state index in [1.807, 2.05) is 0 Å². The van der Waals surface area contributed by atoms with Crippen molar-refractivity contribution < 1.29 is 0 Å². The van der Waals surface area contributed by atoms with Gasteiger partial charge in [-0.1, -0.05) is 90.5 Å². The zero-order chi connectivity index (χ0) is 21.7. The molecule has 1 aromatic heterocycles. The van der Waals surface area contributed by atoms with Gasteiger partial charge in [-0.2, -0.15) is 0 Å². The van der Waals surface area contributed by atoms with Gasteiger partial charge in [0.15, 0.2) is 0 Å². The molecule has 0 bridgehead atoms. The topological polar surface area (TPSA) is 4.93 Å². The Balaban J connectivity index is 1.68. The average molecular weight is 422 g/mol. The molecule has 0 fully saturated rings. The molecule has 5 aromatic rings. The normalized spacial score (nSPS) is 19.9.